The Kier molecular flexibility index (Phi) is 4.97. The summed E-state index contributed by atoms with van der Waals surface area (Å²) in [7, 11) is 1.71. The quantitative estimate of drug-likeness (QED) is 0.637. The second-order valence-electron chi connectivity index (χ2n) is 5.96. The van der Waals surface area contributed by atoms with Crippen LogP contribution in [0.5, 0.6) is 5.75 Å². The zero-order valence-corrected chi connectivity index (χ0v) is 14.2. The van der Waals surface area contributed by atoms with Crippen LogP contribution in [-0.4, -0.2) is 7.11 Å². The van der Waals surface area contributed by atoms with Gasteiger partial charge in [0.25, 0.3) is 0 Å². The molecule has 24 heavy (non-hydrogen) atoms. The number of hydrogen-bond acceptors (Lipinski definition) is 2. The zero-order chi connectivity index (χ0) is 16.9. The van der Waals surface area contributed by atoms with Gasteiger partial charge in [-0.1, -0.05) is 67.6 Å². The lowest BCUT2D eigenvalue weighted by Gasteiger charge is -2.10. The number of hydrogen-bond donors (Lipinski definition) is 1. The molecule has 2 nitrogen and oxygen atoms in total. The highest BCUT2D eigenvalue weighted by molar-refractivity contribution is 5.88. The second-order valence-corrected chi connectivity index (χ2v) is 5.96. The smallest absolute Gasteiger partial charge is 0.126 e. The maximum absolute atomic E-state index is 6.13. The lowest BCUT2D eigenvalue weighted by Crippen LogP contribution is -2.08. The summed E-state index contributed by atoms with van der Waals surface area (Å²) in [6, 6.07) is 21.0. The fourth-order valence-corrected chi connectivity index (χ4v) is 2.86. The van der Waals surface area contributed by atoms with Gasteiger partial charge in [-0.05, 0) is 40.5 Å². The lowest BCUT2D eigenvalue weighted by molar-refractivity contribution is 0.414. The van der Waals surface area contributed by atoms with Crippen LogP contribution in [0.4, 0.5) is 0 Å². The fraction of sp³-hybridized carbons (Fsp3) is 0.182. The number of benzene rings is 3. The average molecular weight is 317 g/mol. The van der Waals surface area contributed by atoms with E-state index < -0.39 is 0 Å². The third-order valence-corrected chi connectivity index (χ3v) is 4.33. The number of ether oxygens (including phenoxy) is 1. The first-order chi connectivity index (χ1) is 11.7. The van der Waals surface area contributed by atoms with E-state index in [-0.39, 0.29) is 6.04 Å². The molecule has 0 heterocycles. The van der Waals surface area contributed by atoms with E-state index >= 15 is 0 Å². The molecule has 0 aliphatic rings. The monoisotopic (exact) mass is 317 g/mol. The molecule has 2 heteroatoms. The van der Waals surface area contributed by atoms with Crippen molar-refractivity contribution in [1.82, 2.24) is 0 Å². The fourth-order valence-electron chi connectivity index (χ4n) is 2.86. The van der Waals surface area contributed by atoms with E-state index in [4.69, 9.17) is 10.5 Å². The summed E-state index contributed by atoms with van der Waals surface area (Å²) >= 11 is 0. The predicted octanol–water partition coefficient (Wildman–Crippen LogP) is 5.43. The average Bonchev–Trinajstić information content (AvgIpc) is 2.65. The minimum atomic E-state index is 0.0913. The van der Waals surface area contributed by atoms with Gasteiger partial charge in [-0.3, -0.25) is 0 Å². The maximum Gasteiger partial charge on any atom is 0.126 e. The van der Waals surface area contributed by atoms with Gasteiger partial charge >= 0.3 is 0 Å². The van der Waals surface area contributed by atoms with E-state index in [9.17, 15) is 0 Å². The number of fused-ring (bicyclic) bond motifs is 1. The number of methoxy groups -OCH3 is 1. The maximum atomic E-state index is 6.13. The standard InChI is InChI=1S/C22H23NO/c1-3-21(23)19-10-6-7-16(13-19)11-12-20-14-17-8-4-5-9-18(17)15-22(20)24-2/h4-15,21H,3,23H2,1-2H3. The van der Waals surface area contributed by atoms with E-state index in [0.29, 0.717) is 0 Å². The molecule has 0 aliphatic heterocycles. The van der Waals surface area contributed by atoms with Gasteiger partial charge in [-0.15, -0.1) is 0 Å². The molecule has 0 spiro atoms. The molecule has 0 fully saturated rings. The Morgan fingerprint density at radius 2 is 1.71 bits per heavy atom. The van der Waals surface area contributed by atoms with Gasteiger partial charge in [0.15, 0.2) is 0 Å². The Hall–Kier alpha value is -2.58. The van der Waals surface area contributed by atoms with E-state index in [1.807, 2.05) is 6.07 Å². The molecule has 0 aromatic heterocycles. The van der Waals surface area contributed by atoms with Gasteiger partial charge < -0.3 is 10.5 Å². The lowest BCUT2D eigenvalue weighted by atomic mass is 10.0. The van der Waals surface area contributed by atoms with Crippen LogP contribution < -0.4 is 10.5 Å². The Balaban J connectivity index is 1.95. The van der Waals surface area contributed by atoms with Crippen LogP contribution in [0.3, 0.4) is 0 Å². The van der Waals surface area contributed by atoms with Crippen molar-refractivity contribution < 1.29 is 4.74 Å². The van der Waals surface area contributed by atoms with Gasteiger partial charge in [0.1, 0.15) is 5.75 Å². The molecule has 3 aromatic carbocycles. The second kappa shape index (κ2) is 7.33. The molecule has 0 bridgehead atoms. The molecule has 122 valence electrons. The topological polar surface area (TPSA) is 35.2 Å². The van der Waals surface area contributed by atoms with E-state index in [2.05, 4.69) is 73.7 Å². The van der Waals surface area contributed by atoms with Crippen LogP contribution in [0, 0.1) is 0 Å². The molecule has 0 amide bonds. The first-order valence-corrected chi connectivity index (χ1v) is 8.31. The van der Waals surface area contributed by atoms with Crippen LogP contribution in [0.25, 0.3) is 22.9 Å². The van der Waals surface area contributed by atoms with Gasteiger partial charge in [-0.2, -0.15) is 0 Å². The highest BCUT2D eigenvalue weighted by atomic mass is 16.5. The molecule has 0 saturated heterocycles. The first-order valence-electron chi connectivity index (χ1n) is 8.31. The molecule has 3 aromatic rings. The van der Waals surface area contributed by atoms with Crippen LogP contribution in [-0.2, 0) is 0 Å². The van der Waals surface area contributed by atoms with Gasteiger partial charge in [0.05, 0.1) is 7.11 Å². The minimum absolute atomic E-state index is 0.0913. The van der Waals surface area contributed by atoms with Crippen LogP contribution in [0.1, 0.15) is 36.1 Å². The highest BCUT2D eigenvalue weighted by Crippen LogP contribution is 2.27. The SMILES string of the molecule is CCC(N)c1cccc(C=Cc2cc3ccccc3cc2OC)c1. The largest absolute Gasteiger partial charge is 0.496 e. The summed E-state index contributed by atoms with van der Waals surface area (Å²) in [6.07, 6.45) is 5.14. The summed E-state index contributed by atoms with van der Waals surface area (Å²) in [6.45, 7) is 2.10. The Bertz CT molecular complexity index is 867. The van der Waals surface area contributed by atoms with E-state index in [1.165, 1.54) is 16.3 Å². The number of nitrogens with two attached hydrogens (primary N) is 1. The molecule has 0 saturated carbocycles. The molecular weight excluding hydrogens is 294 g/mol. The molecule has 0 radical (unpaired) electrons. The molecule has 2 N–H and O–H groups in total. The molecule has 0 aliphatic carbocycles. The Labute approximate surface area is 143 Å². The van der Waals surface area contributed by atoms with Crippen molar-refractivity contribution >= 4 is 22.9 Å². The molecular formula is C22H23NO. The van der Waals surface area contributed by atoms with Crippen molar-refractivity contribution in [2.24, 2.45) is 5.73 Å². The normalized spacial score (nSPS) is 12.6. The molecule has 1 unspecified atom stereocenters. The Morgan fingerprint density at radius 3 is 2.42 bits per heavy atom. The summed E-state index contributed by atoms with van der Waals surface area (Å²) < 4.78 is 5.55. The summed E-state index contributed by atoms with van der Waals surface area (Å²) in [5, 5.41) is 2.39. The summed E-state index contributed by atoms with van der Waals surface area (Å²) in [5.74, 6) is 0.881. The predicted molar refractivity (Wildman–Crippen MR) is 103 cm³/mol. The zero-order valence-electron chi connectivity index (χ0n) is 14.2. The molecule has 1 atom stereocenters. The van der Waals surface area contributed by atoms with Crippen molar-refractivity contribution in [2.75, 3.05) is 7.11 Å². The van der Waals surface area contributed by atoms with E-state index in [1.54, 1.807) is 7.11 Å². The van der Waals surface area contributed by atoms with Crippen molar-refractivity contribution in [2.45, 2.75) is 19.4 Å². The summed E-state index contributed by atoms with van der Waals surface area (Å²) in [4.78, 5) is 0. The van der Waals surface area contributed by atoms with Gasteiger partial charge in [0, 0.05) is 11.6 Å². The highest BCUT2D eigenvalue weighted by Gasteiger charge is 2.04. The van der Waals surface area contributed by atoms with Crippen molar-refractivity contribution in [3.05, 3.63) is 77.4 Å². The van der Waals surface area contributed by atoms with Crippen LogP contribution in [0.15, 0.2) is 60.7 Å². The van der Waals surface area contributed by atoms with Crippen LogP contribution >= 0.6 is 0 Å². The van der Waals surface area contributed by atoms with Crippen molar-refractivity contribution in [3.63, 3.8) is 0 Å². The van der Waals surface area contributed by atoms with Crippen molar-refractivity contribution in [1.29, 1.82) is 0 Å². The first kappa shape index (κ1) is 16.3. The van der Waals surface area contributed by atoms with Gasteiger partial charge in [-0.25, -0.2) is 0 Å². The minimum Gasteiger partial charge on any atom is -0.496 e. The van der Waals surface area contributed by atoms with Crippen molar-refractivity contribution in [3.8, 4) is 5.75 Å². The third kappa shape index (κ3) is 3.50. The summed E-state index contributed by atoms with van der Waals surface area (Å²) in [5.41, 5.74) is 9.52. The Morgan fingerprint density at radius 1 is 0.958 bits per heavy atom. The van der Waals surface area contributed by atoms with E-state index in [0.717, 1.165) is 23.3 Å². The van der Waals surface area contributed by atoms with Gasteiger partial charge in [0.2, 0.25) is 0 Å². The number of rotatable bonds is 5. The van der Waals surface area contributed by atoms with Crippen LogP contribution in [0.2, 0.25) is 0 Å². The molecule has 3 rings (SSSR count). The third-order valence-electron chi connectivity index (χ3n) is 4.33.